The minimum Gasteiger partial charge on any atom is -0.495 e. The van der Waals surface area contributed by atoms with Crippen LogP contribution in [0.1, 0.15) is 24.5 Å². The molecule has 1 aliphatic heterocycles. The minimum atomic E-state index is 0.171. The Hall–Kier alpha value is -2.35. The molecular weight excluding hydrogens is 228 g/mol. The van der Waals surface area contributed by atoms with E-state index in [0.717, 1.165) is 17.7 Å². The van der Waals surface area contributed by atoms with E-state index in [4.69, 9.17) is 15.7 Å². The van der Waals surface area contributed by atoms with Crippen LogP contribution in [-0.4, -0.2) is 18.7 Å². The Morgan fingerprint density at radius 3 is 2.83 bits per heavy atom. The van der Waals surface area contributed by atoms with Crippen LogP contribution < -0.4 is 10.5 Å². The second-order valence-electron chi connectivity index (χ2n) is 4.20. The first-order valence-corrected chi connectivity index (χ1v) is 5.64. The predicted molar refractivity (Wildman–Crippen MR) is 69.6 cm³/mol. The lowest BCUT2D eigenvalue weighted by molar-refractivity contribution is 0.413. The van der Waals surface area contributed by atoms with Gasteiger partial charge in [0.1, 0.15) is 17.7 Å². The second kappa shape index (κ2) is 4.88. The number of rotatable bonds is 2. The van der Waals surface area contributed by atoms with Crippen LogP contribution >= 0.6 is 0 Å². The largest absolute Gasteiger partial charge is 0.495 e. The molecule has 5 nitrogen and oxygen atoms in total. The first kappa shape index (κ1) is 12.1. The van der Waals surface area contributed by atoms with Crippen LogP contribution in [0.3, 0.4) is 0 Å². The molecule has 92 valence electrons. The van der Waals surface area contributed by atoms with Crippen LogP contribution in [0, 0.1) is 17.2 Å². The molecule has 1 atom stereocenters. The van der Waals surface area contributed by atoms with Gasteiger partial charge in [-0.1, -0.05) is 6.92 Å². The van der Waals surface area contributed by atoms with E-state index in [1.807, 2.05) is 13.0 Å². The number of amidine groups is 1. The summed E-state index contributed by atoms with van der Waals surface area (Å²) in [6.45, 7) is 2.00. The summed E-state index contributed by atoms with van der Waals surface area (Å²) >= 11 is 0. The van der Waals surface area contributed by atoms with Crippen molar-refractivity contribution >= 4 is 11.5 Å². The van der Waals surface area contributed by atoms with Crippen LogP contribution in [-0.2, 0) is 0 Å². The van der Waals surface area contributed by atoms with E-state index in [-0.39, 0.29) is 5.92 Å². The molecule has 0 amide bonds. The Morgan fingerprint density at radius 1 is 1.44 bits per heavy atom. The van der Waals surface area contributed by atoms with Gasteiger partial charge < -0.3 is 10.5 Å². The lowest BCUT2D eigenvalue weighted by atomic mass is 9.96. The molecule has 5 heteroatoms. The number of ether oxygens (including phenoxy) is 1. The van der Waals surface area contributed by atoms with Crippen molar-refractivity contribution in [3.05, 3.63) is 29.3 Å². The molecule has 0 fully saturated rings. The fourth-order valence-corrected chi connectivity index (χ4v) is 1.80. The standard InChI is InChI=1S/C13H14N4O/c1-8-5-11(16-17-13(8)15)9-3-4-12(18-2)10(6-9)7-14/h3-4,6,8H,5H2,1-2H3,(H2,15,17). The van der Waals surface area contributed by atoms with Crippen LogP contribution in [0.2, 0.25) is 0 Å². The molecule has 0 saturated heterocycles. The summed E-state index contributed by atoms with van der Waals surface area (Å²) < 4.78 is 5.11. The molecule has 1 unspecified atom stereocenters. The third kappa shape index (κ3) is 2.18. The maximum atomic E-state index is 9.05. The van der Waals surface area contributed by atoms with Crippen molar-refractivity contribution in [1.29, 1.82) is 5.26 Å². The molecule has 1 heterocycles. The van der Waals surface area contributed by atoms with Crippen molar-refractivity contribution in [2.75, 3.05) is 7.11 Å². The Bertz CT molecular complexity index is 569. The summed E-state index contributed by atoms with van der Waals surface area (Å²) in [6, 6.07) is 7.51. The van der Waals surface area contributed by atoms with Gasteiger partial charge in [-0.25, -0.2) is 0 Å². The van der Waals surface area contributed by atoms with Crippen molar-refractivity contribution in [2.45, 2.75) is 13.3 Å². The monoisotopic (exact) mass is 242 g/mol. The summed E-state index contributed by atoms with van der Waals surface area (Å²) in [5.41, 5.74) is 7.91. The SMILES string of the molecule is COc1ccc(C2=NN=C(N)C(C)C2)cc1C#N. The van der Waals surface area contributed by atoms with Gasteiger partial charge >= 0.3 is 0 Å². The number of methoxy groups -OCH3 is 1. The zero-order valence-corrected chi connectivity index (χ0v) is 10.3. The fraction of sp³-hybridized carbons (Fsp3) is 0.308. The van der Waals surface area contributed by atoms with Gasteiger partial charge in [0.05, 0.1) is 18.4 Å². The van der Waals surface area contributed by atoms with E-state index >= 15 is 0 Å². The molecule has 0 aliphatic carbocycles. The number of nitrogens with two attached hydrogens (primary N) is 1. The molecule has 0 bridgehead atoms. The topological polar surface area (TPSA) is 83.8 Å². The van der Waals surface area contributed by atoms with Crippen molar-refractivity contribution < 1.29 is 4.74 Å². The number of nitrogens with zero attached hydrogens (tertiary/aromatic N) is 3. The Balaban J connectivity index is 2.39. The molecule has 1 aromatic rings. The number of hydrogen-bond acceptors (Lipinski definition) is 5. The van der Waals surface area contributed by atoms with E-state index in [9.17, 15) is 0 Å². The molecule has 1 aliphatic rings. The number of hydrogen-bond donors (Lipinski definition) is 1. The smallest absolute Gasteiger partial charge is 0.136 e. The summed E-state index contributed by atoms with van der Waals surface area (Å²) in [5.74, 6) is 1.28. The Morgan fingerprint density at radius 2 is 2.22 bits per heavy atom. The zero-order chi connectivity index (χ0) is 13.1. The van der Waals surface area contributed by atoms with Gasteiger partial charge in [0.25, 0.3) is 0 Å². The molecule has 18 heavy (non-hydrogen) atoms. The lowest BCUT2D eigenvalue weighted by Gasteiger charge is -2.16. The fourth-order valence-electron chi connectivity index (χ4n) is 1.80. The predicted octanol–water partition coefficient (Wildman–Crippen LogP) is 1.67. The van der Waals surface area contributed by atoms with Gasteiger partial charge in [0.15, 0.2) is 0 Å². The lowest BCUT2D eigenvalue weighted by Crippen LogP contribution is -2.26. The maximum Gasteiger partial charge on any atom is 0.136 e. The summed E-state index contributed by atoms with van der Waals surface area (Å²) in [6.07, 6.45) is 0.729. The van der Waals surface area contributed by atoms with Crippen molar-refractivity contribution in [1.82, 2.24) is 0 Å². The highest BCUT2D eigenvalue weighted by Crippen LogP contribution is 2.22. The van der Waals surface area contributed by atoms with Gasteiger partial charge in [-0.2, -0.15) is 10.4 Å². The summed E-state index contributed by atoms with van der Waals surface area (Å²) in [7, 11) is 1.54. The second-order valence-corrected chi connectivity index (χ2v) is 4.20. The van der Waals surface area contributed by atoms with E-state index in [1.54, 1.807) is 19.2 Å². The van der Waals surface area contributed by atoms with Crippen molar-refractivity contribution in [3.8, 4) is 11.8 Å². The molecule has 0 saturated carbocycles. The molecule has 0 radical (unpaired) electrons. The van der Waals surface area contributed by atoms with E-state index in [1.165, 1.54) is 0 Å². The highest BCUT2D eigenvalue weighted by Gasteiger charge is 2.18. The summed E-state index contributed by atoms with van der Waals surface area (Å²) in [5, 5.41) is 17.1. The van der Waals surface area contributed by atoms with E-state index in [0.29, 0.717) is 17.1 Å². The molecule has 1 aromatic carbocycles. The first-order chi connectivity index (χ1) is 8.65. The summed E-state index contributed by atoms with van der Waals surface area (Å²) in [4.78, 5) is 0. The third-order valence-electron chi connectivity index (χ3n) is 2.94. The van der Waals surface area contributed by atoms with Gasteiger partial charge in [0.2, 0.25) is 0 Å². The zero-order valence-electron chi connectivity index (χ0n) is 10.3. The Kier molecular flexibility index (Phi) is 3.28. The van der Waals surface area contributed by atoms with E-state index < -0.39 is 0 Å². The maximum absolute atomic E-state index is 9.05. The van der Waals surface area contributed by atoms with Crippen molar-refractivity contribution in [2.24, 2.45) is 21.9 Å². The van der Waals surface area contributed by atoms with Gasteiger partial charge in [-0.15, -0.1) is 5.10 Å². The number of nitriles is 1. The molecular formula is C13H14N4O. The van der Waals surface area contributed by atoms with Crippen molar-refractivity contribution in [3.63, 3.8) is 0 Å². The highest BCUT2D eigenvalue weighted by molar-refractivity contribution is 6.05. The van der Waals surface area contributed by atoms with Gasteiger partial charge in [-0.05, 0) is 23.8 Å². The van der Waals surface area contributed by atoms with Gasteiger partial charge in [-0.3, -0.25) is 0 Å². The van der Waals surface area contributed by atoms with Crippen LogP contribution in [0.4, 0.5) is 0 Å². The first-order valence-electron chi connectivity index (χ1n) is 5.64. The molecule has 2 N–H and O–H groups in total. The van der Waals surface area contributed by atoms with Crippen LogP contribution in [0.25, 0.3) is 0 Å². The average Bonchev–Trinajstić information content (AvgIpc) is 2.41. The quantitative estimate of drug-likeness (QED) is 0.856. The molecule has 0 spiro atoms. The molecule has 2 rings (SSSR count). The van der Waals surface area contributed by atoms with E-state index in [2.05, 4.69) is 16.3 Å². The average molecular weight is 242 g/mol. The minimum absolute atomic E-state index is 0.171. The third-order valence-corrected chi connectivity index (χ3v) is 2.94. The Labute approximate surface area is 106 Å². The normalized spacial score (nSPS) is 18.6. The van der Waals surface area contributed by atoms with Crippen LogP contribution in [0.5, 0.6) is 5.75 Å². The van der Waals surface area contributed by atoms with Crippen LogP contribution in [0.15, 0.2) is 28.4 Å². The highest BCUT2D eigenvalue weighted by atomic mass is 16.5. The molecule has 0 aromatic heterocycles. The number of benzene rings is 1. The van der Waals surface area contributed by atoms with Gasteiger partial charge in [0, 0.05) is 12.3 Å².